The van der Waals surface area contributed by atoms with Gasteiger partial charge in [-0.25, -0.2) is 0 Å². The quantitative estimate of drug-likeness (QED) is 0.749. The van der Waals surface area contributed by atoms with Crippen molar-refractivity contribution in [3.05, 3.63) is 40.7 Å². The molecule has 2 heteroatoms. The summed E-state index contributed by atoms with van der Waals surface area (Å²) in [5, 5.41) is 4.82. The lowest BCUT2D eigenvalue weighted by Crippen LogP contribution is -2.10. The average Bonchev–Trinajstić information content (AvgIpc) is 2.64. The highest BCUT2D eigenvalue weighted by molar-refractivity contribution is 5.70. The largest absolute Gasteiger partial charge is 0.266 e. The summed E-state index contributed by atoms with van der Waals surface area (Å²) in [5.74, 6) is 0.628. The predicted octanol–water partition coefficient (Wildman–Crippen LogP) is 5.25. The Labute approximate surface area is 129 Å². The maximum absolute atomic E-state index is 4.82. The summed E-state index contributed by atoms with van der Waals surface area (Å²) in [6, 6.07) is 7.20. The Bertz CT molecular complexity index is 613. The molecule has 0 amide bonds. The van der Waals surface area contributed by atoms with Crippen LogP contribution in [0.5, 0.6) is 0 Å². The highest BCUT2D eigenvalue weighted by Gasteiger charge is 2.19. The van der Waals surface area contributed by atoms with Crippen molar-refractivity contribution in [3.63, 3.8) is 0 Å². The molecule has 0 N–H and O–H groups in total. The molecule has 1 aromatic carbocycles. The third-order valence-electron chi connectivity index (χ3n) is 3.79. The van der Waals surface area contributed by atoms with E-state index >= 15 is 0 Å². The van der Waals surface area contributed by atoms with Gasteiger partial charge in [0.2, 0.25) is 0 Å². The van der Waals surface area contributed by atoms with Gasteiger partial charge in [0.15, 0.2) is 0 Å². The number of hydrogen-bond donors (Lipinski definition) is 0. The molecule has 0 atom stereocenters. The van der Waals surface area contributed by atoms with Crippen molar-refractivity contribution in [1.29, 1.82) is 0 Å². The molecule has 0 bridgehead atoms. The van der Waals surface area contributed by atoms with Crippen LogP contribution in [0, 0.1) is 26.7 Å². The maximum Gasteiger partial charge on any atom is 0.0675 e. The van der Waals surface area contributed by atoms with Gasteiger partial charge >= 0.3 is 0 Å². The Kier molecular flexibility index (Phi) is 4.55. The Morgan fingerprint density at radius 3 is 2.00 bits per heavy atom. The SMILES string of the molecule is Cc1cc(C)cc(-c2c(C)nn(C(C)C)c2CC(C)C)c1. The van der Waals surface area contributed by atoms with E-state index in [0.717, 1.165) is 12.1 Å². The fourth-order valence-corrected chi connectivity index (χ4v) is 3.10. The maximum atomic E-state index is 4.82. The molecule has 1 aromatic heterocycles. The zero-order valence-electron chi connectivity index (χ0n) is 14.5. The first-order valence-corrected chi connectivity index (χ1v) is 7.96. The van der Waals surface area contributed by atoms with E-state index in [1.165, 1.54) is 27.9 Å². The first-order valence-electron chi connectivity index (χ1n) is 7.96. The third kappa shape index (κ3) is 3.37. The third-order valence-corrected chi connectivity index (χ3v) is 3.79. The number of aryl methyl sites for hydroxylation is 3. The van der Waals surface area contributed by atoms with Gasteiger partial charge in [0, 0.05) is 17.3 Å². The Morgan fingerprint density at radius 1 is 0.952 bits per heavy atom. The van der Waals surface area contributed by atoms with Crippen LogP contribution in [0.15, 0.2) is 18.2 Å². The summed E-state index contributed by atoms with van der Waals surface area (Å²) in [6.45, 7) is 15.4. The fourth-order valence-electron chi connectivity index (χ4n) is 3.10. The van der Waals surface area contributed by atoms with Crippen molar-refractivity contribution in [1.82, 2.24) is 9.78 Å². The van der Waals surface area contributed by atoms with E-state index in [9.17, 15) is 0 Å². The van der Waals surface area contributed by atoms with E-state index < -0.39 is 0 Å². The van der Waals surface area contributed by atoms with Gasteiger partial charge in [-0.15, -0.1) is 0 Å². The van der Waals surface area contributed by atoms with Crippen LogP contribution in [-0.4, -0.2) is 9.78 Å². The lowest BCUT2D eigenvalue weighted by molar-refractivity contribution is 0.487. The van der Waals surface area contributed by atoms with Gasteiger partial charge in [-0.05, 0) is 52.5 Å². The van der Waals surface area contributed by atoms with Crippen LogP contribution in [0.1, 0.15) is 56.3 Å². The second kappa shape index (κ2) is 6.05. The Hall–Kier alpha value is -1.57. The minimum atomic E-state index is 0.400. The van der Waals surface area contributed by atoms with Crippen molar-refractivity contribution in [2.45, 2.75) is 60.9 Å². The van der Waals surface area contributed by atoms with E-state index in [1.54, 1.807) is 0 Å². The summed E-state index contributed by atoms with van der Waals surface area (Å²) >= 11 is 0. The van der Waals surface area contributed by atoms with Crippen LogP contribution in [0.3, 0.4) is 0 Å². The molecular formula is C19H28N2. The molecule has 2 aromatic rings. The molecule has 0 spiro atoms. The molecular weight excluding hydrogens is 256 g/mol. The van der Waals surface area contributed by atoms with E-state index in [1.807, 2.05) is 0 Å². The lowest BCUT2D eigenvalue weighted by Gasteiger charge is -2.15. The van der Waals surface area contributed by atoms with Crippen LogP contribution in [0.25, 0.3) is 11.1 Å². The molecule has 1 heterocycles. The van der Waals surface area contributed by atoms with Crippen LogP contribution < -0.4 is 0 Å². The predicted molar refractivity (Wildman–Crippen MR) is 90.8 cm³/mol. The molecule has 21 heavy (non-hydrogen) atoms. The smallest absolute Gasteiger partial charge is 0.0675 e. The number of rotatable bonds is 4. The molecule has 0 aliphatic carbocycles. The topological polar surface area (TPSA) is 17.8 Å². The van der Waals surface area contributed by atoms with Gasteiger partial charge in [0.05, 0.1) is 5.69 Å². The molecule has 0 aliphatic heterocycles. The van der Waals surface area contributed by atoms with E-state index in [2.05, 4.69) is 71.3 Å². The van der Waals surface area contributed by atoms with Crippen molar-refractivity contribution in [3.8, 4) is 11.1 Å². The molecule has 0 fully saturated rings. The van der Waals surface area contributed by atoms with Gasteiger partial charge in [0.1, 0.15) is 0 Å². The van der Waals surface area contributed by atoms with Crippen molar-refractivity contribution < 1.29 is 0 Å². The summed E-state index contributed by atoms with van der Waals surface area (Å²) in [4.78, 5) is 0. The van der Waals surface area contributed by atoms with Gasteiger partial charge in [-0.3, -0.25) is 4.68 Å². The summed E-state index contributed by atoms with van der Waals surface area (Å²) in [5.41, 5.74) is 7.80. The molecule has 0 saturated heterocycles. The molecule has 0 unspecified atom stereocenters. The van der Waals surface area contributed by atoms with E-state index in [-0.39, 0.29) is 0 Å². The minimum absolute atomic E-state index is 0.400. The molecule has 2 rings (SSSR count). The standard InChI is InChI=1S/C19H28N2/c1-12(2)8-18-19(16(7)20-21(18)13(3)4)17-10-14(5)9-15(6)11-17/h9-13H,8H2,1-7H3. The highest BCUT2D eigenvalue weighted by atomic mass is 15.3. The number of nitrogens with zero attached hydrogens (tertiary/aromatic N) is 2. The number of hydrogen-bond acceptors (Lipinski definition) is 1. The van der Waals surface area contributed by atoms with Gasteiger partial charge < -0.3 is 0 Å². The zero-order valence-corrected chi connectivity index (χ0v) is 14.5. The van der Waals surface area contributed by atoms with Gasteiger partial charge in [0.25, 0.3) is 0 Å². The minimum Gasteiger partial charge on any atom is -0.266 e. The first-order chi connectivity index (χ1) is 9.79. The van der Waals surface area contributed by atoms with Crippen molar-refractivity contribution >= 4 is 0 Å². The molecule has 0 aliphatic rings. The van der Waals surface area contributed by atoms with Crippen molar-refractivity contribution in [2.24, 2.45) is 5.92 Å². The average molecular weight is 284 g/mol. The molecule has 0 radical (unpaired) electrons. The summed E-state index contributed by atoms with van der Waals surface area (Å²) < 4.78 is 2.21. The normalized spacial score (nSPS) is 11.7. The Morgan fingerprint density at radius 2 is 1.52 bits per heavy atom. The Balaban J connectivity index is 2.66. The van der Waals surface area contributed by atoms with Crippen LogP contribution in [-0.2, 0) is 6.42 Å². The van der Waals surface area contributed by atoms with Crippen LogP contribution >= 0.6 is 0 Å². The van der Waals surface area contributed by atoms with Crippen LogP contribution in [0.2, 0.25) is 0 Å². The fraction of sp³-hybridized carbons (Fsp3) is 0.526. The monoisotopic (exact) mass is 284 g/mol. The molecule has 2 nitrogen and oxygen atoms in total. The summed E-state index contributed by atoms with van der Waals surface area (Å²) in [7, 11) is 0. The van der Waals surface area contributed by atoms with Gasteiger partial charge in [-0.2, -0.15) is 5.10 Å². The number of benzene rings is 1. The second-order valence-corrected chi connectivity index (χ2v) is 6.92. The highest BCUT2D eigenvalue weighted by Crippen LogP contribution is 2.32. The first kappa shape index (κ1) is 15.8. The van der Waals surface area contributed by atoms with Crippen molar-refractivity contribution in [2.75, 3.05) is 0 Å². The second-order valence-electron chi connectivity index (χ2n) is 6.92. The lowest BCUT2D eigenvalue weighted by atomic mass is 9.95. The zero-order chi connectivity index (χ0) is 15.7. The van der Waals surface area contributed by atoms with Gasteiger partial charge in [-0.1, -0.05) is 43.2 Å². The van der Waals surface area contributed by atoms with Crippen LogP contribution in [0.4, 0.5) is 0 Å². The number of aromatic nitrogens is 2. The molecule has 114 valence electrons. The van der Waals surface area contributed by atoms with E-state index in [0.29, 0.717) is 12.0 Å². The molecule has 0 saturated carbocycles. The van der Waals surface area contributed by atoms with E-state index in [4.69, 9.17) is 5.10 Å². The summed E-state index contributed by atoms with van der Waals surface area (Å²) in [6.07, 6.45) is 1.07.